The average molecular weight is 209 g/mol. The van der Waals surface area contributed by atoms with Crippen molar-refractivity contribution in [3.05, 3.63) is 0 Å². The van der Waals surface area contributed by atoms with E-state index in [0.29, 0.717) is 12.5 Å². The Hall–Kier alpha value is -0.900. The van der Waals surface area contributed by atoms with Crippen LogP contribution in [-0.4, -0.2) is 42.3 Å². The fraction of sp³-hybridized carbons (Fsp3) is 0.818. The van der Waals surface area contributed by atoms with Gasteiger partial charge < -0.3 is 5.32 Å². The van der Waals surface area contributed by atoms with Crippen LogP contribution in [0.25, 0.3) is 0 Å². The molecule has 1 N–H and O–H groups in total. The van der Waals surface area contributed by atoms with Crippen molar-refractivity contribution in [1.82, 2.24) is 10.2 Å². The van der Waals surface area contributed by atoms with E-state index in [1.54, 1.807) is 0 Å². The second kappa shape index (κ2) is 4.31. The molecule has 0 aromatic rings. The Labute approximate surface area is 90.7 Å². The third-order valence-electron chi connectivity index (χ3n) is 3.19. The van der Waals surface area contributed by atoms with Crippen molar-refractivity contribution >= 4 is 11.7 Å². The van der Waals surface area contributed by atoms with Gasteiger partial charge in [-0.25, -0.2) is 0 Å². The molecule has 0 bridgehead atoms. The summed E-state index contributed by atoms with van der Waals surface area (Å²) in [6.45, 7) is 3.11. The molecule has 0 spiro atoms. The SMILES string of the molecule is CC1CC(=O)NC(C2CCCCN2C)=N1. The molecular formula is C11H19N3O. The van der Waals surface area contributed by atoms with E-state index in [4.69, 9.17) is 0 Å². The van der Waals surface area contributed by atoms with Crippen LogP contribution in [0.1, 0.15) is 32.6 Å². The van der Waals surface area contributed by atoms with Gasteiger partial charge in [0.25, 0.3) is 0 Å². The number of aliphatic imine (C=N–C) groups is 1. The number of amides is 1. The van der Waals surface area contributed by atoms with Gasteiger partial charge in [-0.1, -0.05) is 6.42 Å². The molecule has 2 aliphatic heterocycles. The maximum absolute atomic E-state index is 11.4. The van der Waals surface area contributed by atoms with E-state index < -0.39 is 0 Å². The van der Waals surface area contributed by atoms with Gasteiger partial charge in [0.15, 0.2) is 0 Å². The van der Waals surface area contributed by atoms with Crippen molar-refractivity contribution in [3.63, 3.8) is 0 Å². The van der Waals surface area contributed by atoms with Crippen LogP contribution in [0.3, 0.4) is 0 Å². The molecule has 4 heteroatoms. The van der Waals surface area contributed by atoms with E-state index in [0.717, 1.165) is 18.8 Å². The number of rotatable bonds is 1. The van der Waals surface area contributed by atoms with E-state index in [2.05, 4.69) is 22.3 Å². The van der Waals surface area contributed by atoms with Crippen LogP contribution in [0.4, 0.5) is 0 Å². The first kappa shape index (κ1) is 10.6. The number of amidine groups is 1. The number of likely N-dealkylation sites (N-methyl/N-ethyl adjacent to an activating group) is 1. The fourth-order valence-corrected chi connectivity index (χ4v) is 2.37. The zero-order valence-electron chi connectivity index (χ0n) is 9.49. The number of carbonyl (C=O) groups is 1. The Bertz CT molecular complexity index is 288. The summed E-state index contributed by atoms with van der Waals surface area (Å²) in [4.78, 5) is 18.3. The minimum absolute atomic E-state index is 0.117. The minimum Gasteiger partial charge on any atom is -0.313 e. The summed E-state index contributed by atoms with van der Waals surface area (Å²) < 4.78 is 0. The van der Waals surface area contributed by atoms with Crippen molar-refractivity contribution in [2.75, 3.05) is 13.6 Å². The number of likely N-dealkylation sites (tertiary alicyclic amines) is 1. The Kier molecular flexibility index (Phi) is 3.05. The maximum atomic E-state index is 11.4. The van der Waals surface area contributed by atoms with Crippen LogP contribution < -0.4 is 5.32 Å². The lowest BCUT2D eigenvalue weighted by Gasteiger charge is -2.35. The van der Waals surface area contributed by atoms with Gasteiger partial charge in [0.1, 0.15) is 5.84 Å². The Morgan fingerprint density at radius 3 is 2.93 bits per heavy atom. The van der Waals surface area contributed by atoms with Gasteiger partial charge in [-0.05, 0) is 33.4 Å². The second-order valence-corrected chi connectivity index (χ2v) is 4.61. The number of nitrogens with zero attached hydrogens (tertiary/aromatic N) is 2. The summed E-state index contributed by atoms with van der Waals surface area (Å²) >= 11 is 0. The van der Waals surface area contributed by atoms with E-state index in [9.17, 15) is 4.79 Å². The van der Waals surface area contributed by atoms with E-state index >= 15 is 0 Å². The molecular weight excluding hydrogens is 190 g/mol. The third kappa shape index (κ3) is 2.37. The normalized spacial score (nSPS) is 33.5. The Morgan fingerprint density at radius 2 is 2.27 bits per heavy atom. The van der Waals surface area contributed by atoms with Crippen molar-refractivity contribution in [3.8, 4) is 0 Å². The first-order chi connectivity index (χ1) is 7.16. The molecule has 0 radical (unpaired) electrons. The topological polar surface area (TPSA) is 44.7 Å². The molecule has 0 saturated carbocycles. The fourth-order valence-electron chi connectivity index (χ4n) is 2.37. The number of nitrogens with one attached hydrogen (secondary N) is 1. The number of carbonyl (C=O) groups excluding carboxylic acids is 1. The molecule has 2 atom stereocenters. The highest BCUT2D eigenvalue weighted by Crippen LogP contribution is 2.17. The lowest BCUT2D eigenvalue weighted by atomic mass is 10.0. The van der Waals surface area contributed by atoms with Gasteiger partial charge in [0, 0.05) is 6.42 Å². The van der Waals surface area contributed by atoms with Gasteiger partial charge in [-0.15, -0.1) is 0 Å². The molecule has 2 rings (SSSR count). The summed E-state index contributed by atoms with van der Waals surface area (Å²) in [7, 11) is 2.11. The van der Waals surface area contributed by atoms with Crippen molar-refractivity contribution in [1.29, 1.82) is 0 Å². The van der Waals surface area contributed by atoms with E-state index in [1.807, 2.05) is 6.92 Å². The molecule has 2 heterocycles. The summed E-state index contributed by atoms with van der Waals surface area (Å²) in [5.74, 6) is 1.01. The van der Waals surface area contributed by atoms with Gasteiger partial charge >= 0.3 is 0 Å². The molecule has 0 aromatic heterocycles. The molecule has 2 unspecified atom stereocenters. The van der Waals surface area contributed by atoms with Gasteiger partial charge in [0.2, 0.25) is 5.91 Å². The highest BCUT2D eigenvalue weighted by atomic mass is 16.1. The lowest BCUT2D eigenvalue weighted by Crippen LogP contribution is -2.51. The van der Waals surface area contributed by atoms with Gasteiger partial charge in [-0.3, -0.25) is 14.7 Å². The smallest absolute Gasteiger partial charge is 0.227 e. The van der Waals surface area contributed by atoms with Crippen LogP contribution in [0, 0.1) is 0 Å². The zero-order valence-corrected chi connectivity index (χ0v) is 9.49. The molecule has 1 fully saturated rings. The summed E-state index contributed by atoms with van der Waals surface area (Å²) in [6.07, 6.45) is 4.13. The third-order valence-corrected chi connectivity index (χ3v) is 3.19. The molecule has 4 nitrogen and oxygen atoms in total. The van der Waals surface area contributed by atoms with Crippen LogP contribution in [0.15, 0.2) is 4.99 Å². The lowest BCUT2D eigenvalue weighted by molar-refractivity contribution is -0.120. The zero-order chi connectivity index (χ0) is 10.8. The number of hydrogen-bond donors (Lipinski definition) is 1. The number of piperidine rings is 1. The first-order valence-corrected chi connectivity index (χ1v) is 5.74. The van der Waals surface area contributed by atoms with E-state index in [-0.39, 0.29) is 11.9 Å². The van der Waals surface area contributed by atoms with Crippen LogP contribution in [0.2, 0.25) is 0 Å². The molecule has 2 aliphatic rings. The molecule has 0 aromatic carbocycles. The molecule has 1 amide bonds. The predicted octanol–water partition coefficient (Wildman–Crippen LogP) is 0.778. The molecule has 1 saturated heterocycles. The van der Waals surface area contributed by atoms with Gasteiger partial charge in [0.05, 0.1) is 12.1 Å². The van der Waals surface area contributed by atoms with Crippen molar-refractivity contribution in [2.24, 2.45) is 4.99 Å². The highest BCUT2D eigenvalue weighted by Gasteiger charge is 2.28. The van der Waals surface area contributed by atoms with Crippen molar-refractivity contribution in [2.45, 2.75) is 44.7 Å². The molecule has 84 valence electrons. The summed E-state index contributed by atoms with van der Waals surface area (Å²) in [5, 5.41) is 2.92. The van der Waals surface area contributed by atoms with Crippen LogP contribution in [-0.2, 0) is 4.79 Å². The largest absolute Gasteiger partial charge is 0.313 e. The minimum atomic E-state index is 0.117. The highest BCUT2D eigenvalue weighted by molar-refractivity contribution is 6.02. The van der Waals surface area contributed by atoms with Gasteiger partial charge in [-0.2, -0.15) is 0 Å². The molecule has 0 aliphatic carbocycles. The maximum Gasteiger partial charge on any atom is 0.227 e. The average Bonchev–Trinajstić information content (AvgIpc) is 2.16. The van der Waals surface area contributed by atoms with Crippen molar-refractivity contribution < 1.29 is 4.79 Å². The molecule has 15 heavy (non-hydrogen) atoms. The second-order valence-electron chi connectivity index (χ2n) is 4.61. The Morgan fingerprint density at radius 1 is 1.47 bits per heavy atom. The van der Waals surface area contributed by atoms with Crippen LogP contribution >= 0.6 is 0 Å². The Balaban J connectivity index is 2.11. The predicted molar refractivity (Wildman–Crippen MR) is 59.9 cm³/mol. The first-order valence-electron chi connectivity index (χ1n) is 5.74. The standard InChI is InChI=1S/C11H19N3O/c1-8-7-10(15)13-11(12-8)9-5-3-4-6-14(9)2/h8-9H,3-7H2,1-2H3,(H,12,13,15). The monoisotopic (exact) mass is 209 g/mol. The summed E-state index contributed by atoms with van der Waals surface area (Å²) in [6, 6.07) is 0.467. The quantitative estimate of drug-likeness (QED) is 0.693. The van der Waals surface area contributed by atoms with Crippen LogP contribution in [0.5, 0.6) is 0 Å². The summed E-state index contributed by atoms with van der Waals surface area (Å²) in [5.41, 5.74) is 0. The van der Waals surface area contributed by atoms with E-state index in [1.165, 1.54) is 12.8 Å². The number of hydrogen-bond acceptors (Lipinski definition) is 3.